The average Bonchev–Trinajstić information content (AvgIpc) is 3.34. The van der Waals surface area contributed by atoms with Gasteiger partial charge in [0, 0.05) is 13.2 Å². The summed E-state index contributed by atoms with van der Waals surface area (Å²) in [6.45, 7) is 3.96. The van der Waals surface area contributed by atoms with E-state index in [-0.39, 0.29) is 24.2 Å². The third-order valence-corrected chi connectivity index (χ3v) is 5.18. The average molecular weight is 442 g/mol. The Hall–Kier alpha value is -3.69. The molecule has 0 bridgehead atoms. The molecule has 0 aliphatic rings. The summed E-state index contributed by atoms with van der Waals surface area (Å²) in [7, 11) is 1.88. The van der Waals surface area contributed by atoms with Crippen LogP contribution >= 0.6 is 0 Å². The first-order valence-electron chi connectivity index (χ1n) is 9.97. The number of aromatic nitrogens is 5. The minimum absolute atomic E-state index is 0.127. The molecule has 1 amide bonds. The van der Waals surface area contributed by atoms with Crippen molar-refractivity contribution >= 4 is 16.9 Å². The Labute approximate surface area is 181 Å². The zero-order valence-corrected chi connectivity index (χ0v) is 17.7. The van der Waals surface area contributed by atoms with Crippen LogP contribution in [0.2, 0.25) is 0 Å². The molecule has 3 heterocycles. The molecule has 4 aromatic rings. The fourth-order valence-electron chi connectivity index (χ4n) is 3.56. The Morgan fingerprint density at radius 1 is 1.12 bits per heavy atom. The largest absolute Gasteiger partial charge is 0.417 e. The van der Waals surface area contributed by atoms with Gasteiger partial charge in [-0.1, -0.05) is 26.0 Å². The van der Waals surface area contributed by atoms with Crippen LogP contribution < -0.4 is 5.32 Å². The van der Waals surface area contributed by atoms with Crippen molar-refractivity contribution in [3.05, 3.63) is 71.4 Å². The van der Waals surface area contributed by atoms with Gasteiger partial charge in [0.05, 0.1) is 40.6 Å². The van der Waals surface area contributed by atoms with E-state index in [2.05, 4.69) is 20.4 Å². The van der Waals surface area contributed by atoms with E-state index in [1.807, 2.05) is 49.7 Å². The van der Waals surface area contributed by atoms with Crippen LogP contribution in [-0.2, 0) is 19.8 Å². The maximum atomic E-state index is 12.9. The molecular formula is C22H21F3N6O. The van der Waals surface area contributed by atoms with Crippen molar-refractivity contribution in [2.75, 3.05) is 0 Å². The molecule has 0 aliphatic heterocycles. The Morgan fingerprint density at radius 2 is 1.88 bits per heavy atom. The fourth-order valence-corrected chi connectivity index (χ4v) is 3.56. The first kappa shape index (κ1) is 21.5. The van der Waals surface area contributed by atoms with E-state index in [1.54, 1.807) is 0 Å². The number of halogens is 3. The molecule has 0 spiro atoms. The Balaban J connectivity index is 1.59. The van der Waals surface area contributed by atoms with Crippen LogP contribution in [0.5, 0.6) is 0 Å². The van der Waals surface area contributed by atoms with Gasteiger partial charge in [0.2, 0.25) is 0 Å². The molecule has 0 atom stereocenters. The van der Waals surface area contributed by atoms with Crippen molar-refractivity contribution in [2.45, 2.75) is 32.5 Å². The number of fused-ring (bicyclic) bond motifs is 1. The summed E-state index contributed by atoms with van der Waals surface area (Å²) in [4.78, 5) is 21.4. The van der Waals surface area contributed by atoms with E-state index in [4.69, 9.17) is 0 Å². The van der Waals surface area contributed by atoms with Gasteiger partial charge in [-0.05, 0) is 30.2 Å². The normalized spacial score (nSPS) is 12.0. The summed E-state index contributed by atoms with van der Waals surface area (Å²) in [5, 5.41) is 7.08. The molecule has 0 saturated heterocycles. The van der Waals surface area contributed by atoms with Gasteiger partial charge in [-0.25, -0.2) is 14.6 Å². The zero-order chi connectivity index (χ0) is 23.0. The number of nitrogens with one attached hydrogen (secondary N) is 1. The van der Waals surface area contributed by atoms with Crippen LogP contribution in [-0.4, -0.2) is 30.2 Å². The first-order valence-corrected chi connectivity index (χ1v) is 9.97. The molecule has 32 heavy (non-hydrogen) atoms. The van der Waals surface area contributed by atoms with Gasteiger partial charge >= 0.3 is 6.18 Å². The maximum absolute atomic E-state index is 12.9. The van der Waals surface area contributed by atoms with Crippen molar-refractivity contribution in [3.63, 3.8) is 0 Å². The highest BCUT2D eigenvalue weighted by molar-refractivity contribution is 5.95. The van der Waals surface area contributed by atoms with Crippen LogP contribution in [0.1, 0.15) is 47.2 Å². The lowest BCUT2D eigenvalue weighted by molar-refractivity contribution is -0.137. The van der Waals surface area contributed by atoms with E-state index < -0.39 is 11.7 Å². The van der Waals surface area contributed by atoms with Crippen molar-refractivity contribution in [1.29, 1.82) is 0 Å². The number of amides is 1. The monoisotopic (exact) mass is 442 g/mol. The topological polar surface area (TPSA) is 77.6 Å². The van der Waals surface area contributed by atoms with E-state index in [0.717, 1.165) is 23.3 Å². The predicted octanol–water partition coefficient (Wildman–Crippen LogP) is 4.23. The second-order valence-corrected chi connectivity index (χ2v) is 7.67. The van der Waals surface area contributed by atoms with E-state index in [0.29, 0.717) is 17.1 Å². The van der Waals surface area contributed by atoms with E-state index in [1.165, 1.54) is 16.9 Å². The Kier molecular flexibility index (Phi) is 5.45. The van der Waals surface area contributed by atoms with Crippen LogP contribution in [0.3, 0.4) is 0 Å². The number of nitrogens with zero attached hydrogens (tertiary/aromatic N) is 5. The molecule has 3 aromatic heterocycles. The number of para-hydroxylation sites is 2. The standard InChI is InChI=1S/C22H21F3N6O/c1-13(2)20-15(11-28-31(20)18-9-8-14(10-26-18)22(23,24)25)21(32)27-12-19-29-16-6-4-5-7-17(16)30(19)3/h4-11,13H,12H2,1-3H3,(H,27,32). The lowest BCUT2D eigenvalue weighted by atomic mass is 10.1. The third kappa shape index (κ3) is 3.95. The van der Waals surface area contributed by atoms with Gasteiger partial charge < -0.3 is 9.88 Å². The van der Waals surface area contributed by atoms with Crippen LogP contribution in [0.15, 0.2) is 48.8 Å². The molecule has 1 N–H and O–H groups in total. The van der Waals surface area contributed by atoms with Gasteiger partial charge in [-0.2, -0.15) is 18.3 Å². The molecule has 10 heteroatoms. The molecule has 0 radical (unpaired) electrons. The number of benzene rings is 1. The molecule has 0 fully saturated rings. The highest BCUT2D eigenvalue weighted by Gasteiger charge is 2.31. The smallest absolute Gasteiger partial charge is 0.345 e. The summed E-state index contributed by atoms with van der Waals surface area (Å²) in [6.07, 6.45) is -2.32. The third-order valence-electron chi connectivity index (χ3n) is 5.18. The van der Waals surface area contributed by atoms with E-state index >= 15 is 0 Å². The molecule has 7 nitrogen and oxygen atoms in total. The lowest BCUT2D eigenvalue weighted by Gasteiger charge is -2.13. The van der Waals surface area contributed by atoms with Crippen molar-refractivity contribution in [1.82, 2.24) is 29.6 Å². The number of hydrogen-bond donors (Lipinski definition) is 1. The first-order chi connectivity index (χ1) is 15.2. The summed E-state index contributed by atoms with van der Waals surface area (Å²) in [5.74, 6) is 0.426. The number of pyridine rings is 1. The molecule has 0 saturated carbocycles. The summed E-state index contributed by atoms with van der Waals surface area (Å²) < 4.78 is 41.8. The quantitative estimate of drug-likeness (QED) is 0.502. The molecule has 166 valence electrons. The van der Waals surface area contributed by atoms with Gasteiger partial charge in [0.1, 0.15) is 5.82 Å². The van der Waals surface area contributed by atoms with Gasteiger partial charge in [-0.3, -0.25) is 4.79 Å². The van der Waals surface area contributed by atoms with Crippen LogP contribution in [0.4, 0.5) is 13.2 Å². The highest BCUT2D eigenvalue weighted by atomic mass is 19.4. The summed E-state index contributed by atoms with van der Waals surface area (Å²) in [5.41, 5.74) is 1.84. The van der Waals surface area contributed by atoms with E-state index in [9.17, 15) is 18.0 Å². The fraction of sp³-hybridized carbons (Fsp3) is 0.273. The summed E-state index contributed by atoms with van der Waals surface area (Å²) >= 11 is 0. The number of imidazole rings is 1. The Bertz CT molecular complexity index is 1270. The van der Waals surface area contributed by atoms with Gasteiger partial charge in [-0.15, -0.1) is 0 Å². The maximum Gasteiger partial charge on any atom is 0.417 e. The molecular weight excluding hydrogens is 421 g/mol. The SMILES string of the molecule is CC(C)c1c(C(=O)NCc2nc3ccccc3n2C)cnn1-c1ccc(C(F)(F)F)cn1. The van der Waals surface area contributed by atoms with Gasteiger partial charge in [0.15, 0.2) is 5.82 Å². The minimum Gasteiger partial charge on any atom is -0.345 e. The van der Waals surface area contributed by atoms with Crippen LogP contribution in [0, 0.1) is 0 Å². The van der Waals surface area contributed by atoms with Crippen molar-refractivity contribution < 1.29 is 18.0 Å². The number of carbonyl (C=O) groups excluding carboxylic acids is 1. The number of alkyl halides is 3. The highest BCUT2D eigenvalue weighted by Crippen LogP contribution is 2.29. The lowest BCUT2D eigenvalue weighted by Crippen LogP contribution is -2.25. The zero-order valence-electron chi connectivity index (χ0n) is 17.7. The number of carbonyl (C=O) groups is 1. The second kappa shape index (κ2) is 8.10. The second-order valence-electron chi connectivity index (χ2n) is 7.67. The molecule has 0 unspecified atom stereocenters. The molecule has 0 aliphatic carbocycles. The predicted molar refractivity (Wildman–Crippen MR) is 112 cm³/mol. The summed E-state index contributed by atoms with van der Waals surface area (Å²) in [6, 6.07) is 9.86. The molecule has 4 rings (SSSR count). The van der Waals surface area contributed by atoms with Gasteiger partial charge in [0.25, 0.3) is 5.91 Å². The minimum atomic E-state index is -4.47. The van der Waals surface area contributed by atoms with Crippen molar-refractivity contribution in [3.8, 4) is 5.82 Å². The Morgan fingerprint density at radius 3 is 2.50 bits per heavy atom. The van der Waals surface area contributed by atoms with Crippen molar-refractivity contribution in [2.24, 2.45) is 7.05 Å². The number of aryl methyl sites for hydroxylation is 1. The van der Waals surface area contributed by atoms with Crippen LogP contribution in [0.25, 0.3) is 16.9 Å². The number of rotatable bonds is 5. The molecule has 1 aromatic carbocycles. The number of hydrogen-bond acceptors (Lipinski definition) is 4.